The molecule has 0 saturated carbocycles. The van der Waals surface area contributed by atoms with Crippen LogP contribution < -0.4 is 14.8 Å². The Balaban J connectivity index is 2.43. The lowest BCUT2D eigenvalue weighted by molar-refractivity contribution is -0.142. The second kappa shape index (κ2) is 7.58. The molecule has 2 rings (SSSR count). The second-order valence-electron chi connectivity index (χ2n) is 5.54. The molecular weight excluding hydrogens is 320 g/mol. The smallest absolute Gasteiger partial charge is 0.333 e. The number of carboxylic acid groups (broad SMARTS) is 1. The standard InChI is InChI=1S/C19H20N2O4/c1-4-25-17-11-14(7-10-16(17)24-3)19(2,18(22)23)21-15-8-5-13(12-20)6-9-15/h5-11,21H,4H2,1-3H3,(H,22,23). The molecule has 0 fully saturated rings. The van der Waals surface area contributed by atoms with Gasteiger partial charge in [-0.2, -0.15) is 5.26 Å². The van der Waals surface area contributed by atoms with E-state index in [1.54, 1.807) is 49.4 Å². The van der Waals surface area contributed by atoms with Crippen LogP contribution in [0.5, 0.6) is 11.5 Å². The number of anilines is 1. The Morgan fingerprint density at radius 1 is 1.24 bits per heavy atom. The van der Waals surface area contributed by atoms with Gasteiger partial charge in [-0.25, -0.2) is 4.79 Å². The van der Waals surface area contributed by atoms with E-state index in [-0.39, 0.29) is 0 Å². The molecule has 2 aromatic carbocycles. The number of methoxy groups -OCH3 is 1. The van der Waals surface area contributed by atoms with Crippen molar-refractivity contribution in [3.63, 3.8) is 0 Å². The van der Waals surface area contributed by atoms with E-state index in [0.29, 0.717) is 34.9 Å². The van der Waals surface area contributed by atoms with Crippen molar-refractivity contribution in [2.45, 2.75) is 19.4 Å². The first-order valence-corrected chi connectivity index (χ1v) is 7.77. The van der Waals surface area contributed by atoms with Crippen molar-refractivity contribution < 1.29 is 19.4 Å². The molecular formula is C19H20N2O4. The number of rotatable bonds is 7. The Morgan fingerprint density at radius 2 is 1.92 bits per heavy atom. The minimum absolute atomic E-state index is 0.437. The van der Waals surface area contributed by atoms with Crippen molar-refractivity contribution in [2.24, 2.45) is 0 Å². The van der Waals surface area contributed by atoms with Crippen molar-refractivity contribution in [3.05, 3.63) is 53.6 Å². The number of nitrogens with one attached hydrogen (secondary N) is 1. The quantitative estimate of drug-likeness (QED) is 0.803. The zero-order chi connectivity index (χ0) is 18.4. The molecule has 6 nitrogen and oxygen atoms in total. The van der Waals surface area contributed by atoms with Gasteiger partial charge in [0.05, 0.1) is 25.3 Å². The SMILES string of the molecule is CCOc1cc(C(C)(Nc2ccc(C#N)cc2)C(=O)O)ccc1OC. The first-order chi connectivity index (χ1) is 11.9. The summed E-state index contributed by atoms with van der Waals surface area (Å²) in [5.41, 5.74) is 0.240. The highest BCUT2D eigenvalue weighted by molar-refractivity contribution is 5.84. The number of hydrogen-bond donors (Lipinski definition) is 2. The lowest BCUT2D eigenvalue weighted by Gasteiger charge is -2.28. The first kappa shape index (κ1) is 18.1. The fourth-order valence-electron chi connectivity index (χ4n) is 2.42. The molecule has 0 aliphatic carbocycles. The third-order valence-corrected chi connectivity index (χ3v) is 3.88. The fraction of sp³-hybridized carbons (Fsp3) is 0.263. The molecule has 1 atom stereocenters. The molecule has 130 valence electrons. The van der Waals surface area contributed by atoms with E-state index < -0.39 is 11.5 Å². The van der Waals surface area contributed by atoms with Gasteiger partial charge in [-0.05, 0) is 55.8 Å². The number of nitrogens with zero attached hydrogens (tertiary/aromatic N) is 1. The molecule has 0 amide bonds. The number of nitriles is 1. The van der Waals surface area contributed by atoms with Gasteiger partial charge >= 0.3 is 5.97 Å². The highest BCUT2D eigenvalue weighted by Gasteiger charge is 2.36. The van der Waals surface area contributed by atoms with E-state index in [1.165, 1.54) is 7.11 Å². The van der Waals surface area contributed by atoms with E-state index in [9.17, 15) is 9.90 Å². The zero-order valence-electron chi connectivity index (χ0n) is 14.4. The molecule has 0 aliphatic rings. The van der Waals surface area contributed by atoms with Gasteiger partial charge in [0.1, 0.15) is 0 Å². The van der Waals surface area contributed by atoms with Crippen LogP contribution in [-0.2, 0) is 10.3 Å². The van der Waals surface area contributed by atoms with Gasteiger partial charge < -0.3 is 19.9 Å². The van der Waals surface area contributed by atoms with Gasteiger partial charge in [0.15, 0.2) is 17.0 Å². The van der Waals surface area contributed by atoms with E-state index in [4.69, 9.17) is 14.7 Å². The van der Waals surface area contributed by atoms with Gasteiger partial charge in [-0.15, -0.1) is 0 Å². The van der Waals surface area contributed by atoms with Gasteiger partial charge in [-0.3, -0.25) is 0 Å². The predicted octanol–water partition coefficient (Wildman–Crippen LogP) is 3.38. The highest BCUT2D eigenvalue weighted by Crippen LogP contribution is 2.34. The van der Waals surface area contributed by atoms with Gasteiger partial charge in [0, 0.05) is 5.69 Å². The van der Waals surface area contributed by atoms with Crippen LogP contribution in [-0.4, -0.2) is 24.8 Å². The van der Waals surface area contributed by atoms with Crippen LogP contribution in [0, 0.1) is 11.3 Å². The maximum Gasteiger partial charge on any atom is 0.333 e. The van der Waals surface area contributed by atoms with Crippen LogP contribution in [0.1, 0.15) is 25.0 Å². The van der Waals surface area contributed by atoms with Crippen LogP contribution in [0.3, 0.4) is 0 Å². The predicted molar refractivity (Wildman–Crippen MR) is 93.9 cm³/mol. The Kier molecular flexibility index (Phi) is 5.50. The normalized spacial score (nSPS) is 12.6. The molecule has 0 heterocycles. The fourth-order valence-corrected chi connectivity index (χ4v) is 2.42. The average Bonchev–Trinajstić information content (AvgIpc) is 2.62. The van der Waals surface area contributed by atoms with Crippen LogP contribution in [0.25, 0.3) is 0 Å². The molecule has 25 heavy (non-hydrogen) atoms. The molecule has 2 aromatic rings. The highest BCUT2D eigenvalue weighted by atomic mass is 16.5. The van der Waals surface area contributed by atoms with Crippen molar-refractivity contribution in [1.29, 1.82) is 5.26 Å². The van der Waals surface area contributed by atoms with E-state index >= 15 is 0 Å². The Morgan fingerprint density at radius 3 is 2.44 bits per heavy atom. The lowest BCUT2D eigenvalue weighted by atomic mass is 9.91. The molecule has 2 N–H and O–H groups in total. The zero-order valence-corrected chi connectivity index (χ0v) is 14.4. The lowest BCUT2D eigenvalue weighted by Crippen LogP contribution is -2.40. The molecule has 0 aliphatic heterocycles. The molecule has 0 bridgehead atoms. The van der Waals surface area contributed by atoms with Crippen LogP contribution in [0.15, 0.2) is 42.5 Å². The van der Waals surface area contributed by atoms with Crippen LogP contribution in [0.4, 0.5) is 5.69 Å². The summed E-state index contributed by atoms with van der Waals surface area (Å²) in [6.07, 6.45) is 0. The third-order valence-electron chi connectivity index (χ3n) is 3.88. The van der Waals surface area contributed by atoms with E-state index in [0.717, 1.165) is 0 Å². The summed E-state index contributed by atoms with van der Waals surface area (Å²) in [6, 6.07) is 13.7. The maximum atomic E-state index is 12.0. The Hall–Kier alpha value is -3.20. The number of hydrogen-bond acceptors (Lipinski definition) is 5. The summed E-state index contributed by atoms with van der Waals surface area (Å²) in [6.45, 7) is 3.86. The van der Waals surface area contributed by atoms with Gasteiger partial charge in [0.25, 0.3) is 0 Å². The Labute approximate surface area is 146 Å². The summed E-state index contributed by atoms with van der Waals surface area (Å²) in [5.74, 6) is -0.0159. The largest absolute Gasteiger partial charge is 0.493 e. The average molecular weight is 340 g/mol. The first-order valence-electron chi connectivity index (χ1n) is 7.77. The molecule has 0 spiro atoms. The molecule has 0 aromatic heterocycles. The summed E-state index contributed by atoms with van der Waals surface area (Å²) in [5, 5.41) is 21.7. The summed E-state index contributed by atoms with van der Waals surface area (Å²) in [4.78, 5) is 12.0. The van der Waals surface area contributed by atoms with Gasteiger partial charge in [-0.1, -0.05) is 6.07 Å². The number of carboxylic acids is 1. The van der Waals surface area contributed by atoms with Gasteiger partial charge in [0.2, 0.25) is 0 Å². The van der Waals surface area contributed by atoms with Crippen molar-refractivity contribution in [3.8, 4) is 17.6 Å². The summed E-state index contributed by atoms with van der Waals surface area (Å²) < 4.78 is 10.8. The minimum atomic E-state index is -1.38. The number of carbonyl (C=O) groups is 1. The molecule has 6 heteroatoms. The summed E-state index contributed by atoms with van der Waals surface area (Å²) >= 11 is 0. The van der Waals surface area contributed by atoms with Crippen molar-refractivity contribution in [1.82, 2.24) is 0 Å². The van der Waals surface area contributed by atoms with Crippen molar-refractivity contribution >= 4 is 11.7 Å². The topological polar surface area (TPSA) is 91.6 Å². The number of aliphatic carboxylic acids is 1. The minimum Gasteiger partial charge on any atom is -0.493 e. The monoisotopic (exact) mass is 340 g/mol. The maximum absolute atomic E-state index is 12.0. The van der Waals surface area contributed by atoms with Crippen LogP contribution in [0.2, 0.25) is 0 Å². The molecule has 1 unspecified atom stereocenters. The number of benzene rings is 2. The summed E-state index contributed by atoms with van der Waals surface area (Å²) in [7, 11) is 1.53. The molecule has 0 saturated heterocycles. The van der Waals surface area contributed by atoms with Crippen molar-refractivity contribution in [2.75, 3.05) is 19.0 Å². The second-order valence-corrected chi connectivity index (χ2v) is 5.54. The van der Waals surface area contributed by atoms with Crippen LogP contribution >= 0.6 is 0 Å². The Bertz CT molecular complexity index is 796. The molecule has 0 radical (unpaired) electrons. The van der Waals surface area contributed by atoms with E-state index in [1.807, 2.05) is 13.0 Å². The number of ether oxygens (including phenoxy) is 2. The van der Waals surface area contributed by atoms with E-state index in [2.05, 4.69) is 5.32 Å². The third kappa shape index (κ3) is 3.83.